The van der Waals surface area contributed by atoms with Crippen LogP contribution in [0.1, 0.15) is 120 Å². The Morgan fingerprint density at radius 3 is 1.24 bits per heavy atom. The monoisotopic (exact) mass is 1290 g/mol. The number of nitrogens with one attached hydrogen (secondary N) is 4. The third kappa shape index (κ3) is 44.8. The number of rotatable bonds is 10. The summed E-state index contributed by atoms with van der Waals surface area (Å²) in [7, 11) is 0. The number of pyridine rings is 2. The Kier molecular flexibility index (Phi) is 63.7. The smallest absolute Gasteiger partial charge is 0.870 e. The molecule has 0 spiro atoms. The van der Waals surface area contributed by atoms with Gasteiger partial charge < -0.3 is 62.2 Å². The quantitative estimate of drug-likeness (QED) is 0.0152. The Morgan fingerprint density at radius 2 is 0.910 bits per heavy atom. The number of amides is 2. The molecular formula is C61H93ClN7NaO19. The summed E-state index contributed by atoms with van der Waals surface area (Å²) in [5.41, 5.74) is 11.8. The summed E-state index contributed by atoms with van der Waals surface area (Å²) >= 11 is 0. The summed E-state index contributed by atoms with van der Waals surface area (Å²) in [5.74, 6) is -4.44. The Balaban J connectivity index is -0.0000000888. The van der Waals surface area contributed by atoms with Crippen LogP contribution in [0.3, 0.4) is 0 Å². The summed E-state index contributed by atoms with van der Waals surface area (Å²) in [4.78, 5) is 108. The zero-order valence-corrected chi connectivity index (χ0v) is 48.0. The van der Waals surface area contributed by atoms with Crippen LogP contribution in [0.25, 0.3) is 21.8 Å². The average molecular weight is 1290 g/mol. The second-order valence-corrected chi connectivity index (χ2v) is 16.3. The summed E-state index contributed by atoms with van der Waals surface area (Å²) in [5, 5.41) is 66.0. The number of hydrogen-bond donors (Lipinski definition) is 10. The van der Waals surface area contributed by atoms with Crippen molar-refractivity contribution in [2.75, 3.05) is 23.0 Å². The van der Waals surface area contributed by atoms with E-state index >= 15 is 0 Å². The molecule has 0 radical (unpaired) electrons. The number of Topliss-reactive ketones (excluding diaryl/α,β-unsaturated/α-hetero) is 1. The molecule has 0 aliphatic rings. The number of nitrogens with zero attached hydrogens (tertiary/aromatic N) is 2. The van der Waals surface area contributed by atoms with Crippen molar-refractivity contribution in [3.05, 3.63) is 184 Å². The number of aromatic hydroxyl groups is 2. The fourth-order valence-electron chi connectivity index (χ4n) is 5.84. The zero-order chi connectivity index (χ0) is 59.2. The molecule has 0 unspecified atom stereocenters. The number of halogens is 1. The molecule has 2 heterocycles. The van der Waals surface area contributed by atoms with Gasteiger partial charge in [-0.3, -0.25) is 48.5 Å². The number of nitro groups is 1. The third-order valence-electron chi connectivity index (χ3n) is 9.35. The van der Waals surface area contributed by atoms with Gasteiger partial charge in [0.1, 0.15) is 30.8 Å². The molecule has 28 heteroatoms. The molecule has 0 aliphatic carbocycles. The number of nitrogen functional groups attached to an aromatic ring is 1. The number of aromatic amines is 2. The molecule has 89 heavy (non-hydrogen) atoms. The van der Waals surface area contributed by atoms with Crippen LogP contribution in [-0.4, -0.2) is 93.2 Å². The molecule has 7 rings (SSSR count). The van der Waals surface area contributed by atoms with Crippen molar-refractivity contribution in [2.45, 2.75) is 127 Å². The number of fused-ring (bicyclic) bond motifs is 2. The normalized spacial score (nSPS) is 8.39. The molecule has 7 aromatic rings. The summed E-state index contributed by atoms with van der Waals surface area (Å²) in [6.07, 6.45) is -1.12. The van der Waals surface area contributed by atoms with Crippen LogP contribution in [0.15, 0.2) is 125 Å². The average Bonchev–Trinajstić information content (AvgIpc) is 3.32. The number of hydrogen-bond acceptors (Lipinski definition) is 17. The Bertz CT molecular complexity index is 3230. The first-order valence-electron chi connectivity index (χ1n) is 22.8. The minimum Gasteiger partial charge on any atom is -0.870 e. The van der Waals surface area contributed by atoms with E-state index in [9.17, 15) is 58.7 Å². The van der Waals surface area contributed by atoms with E-state index < -0.39 is 69.6 Å². The first-order valence-corrected chi connectivity index (χ1v) is 22.8. The maximum Gasteiger partial charge on any atom is 1.00 e. The van der Waals surface area contributed by atoms with Crippen molar-refractivity contribution >= 4 is 92.5 Å². The largest absolute Gasteiger partial charge is 1.00 e. The van der Waals surface area contributed by atoms with Crippen molar-refractivity contribution in [3.63, 3.8) is 0 Å². The molecule has 0 fully saturated rings. The third-order valence-corrected chi connectivity index (χ3v) is 9.35. The van der Waals surface area contributed by atoms with Crippen molar-refractivity contribution in [1.29, 1.82) is 0 Å². The van der Waals surface area contributed by atoms with Crippen LogP contribution >= 0.6 is 12.4 Å². The summed E-state index contributed by atoms with van der Waals surface area (Å²) in [6, 6.07) is 33.7. The molecule has 26 nitrogen and oxygen atoms in total. The Morgan fingerprint density at radius 1 is 0.573 bits per heavy atom. The number of carbonyl (C=O) groups excluding carboxylic acids is 4. The maximum absolute atomic E-state index is 11.3. The zero-order valence-electron chi connectivity index (χ0n) is 45.2. The van der Waals surface area contributed by atoms with Crippen LogP contribution in [0.2, 0.25) is 0 Å². The van der Waals surface area contributed by atoms with Crippen LogP contribution in [0.5, 0.6) is 11.5 Å². The SMILES string of the molecule is C.C.C.C.C.C.C.C.CCOC(=O)CC(C)=O.Cc1ccc(N)cc1.Cc1ccc(NC(=O)CC(=O)O)cc1.Cc1ccc(NC(=O)CC(=O)O)cc1.Cc1ccc2[nH]c(=O)c([N+](=O)[O-])c(O)c2c1.Cc1ccc2[nH]c(=O)cc(O)c2c1.Cl.O=[N+]([O-])O.[Na+].[OH-]. The maximum atomic E-state index is 11.3. The van der Waals surface area contributed by atoms with Gasteiger partial charge in [0.05, 0.1) is 22.6 Å². The van der Waals surface area contributed by atoms with Gasteiger partial charge in [0.15, 0.2) is 0 Å². The first kappa shape index (κ1) is 105. The predicted molar refractivity (Wildman–Crippen MR) is 352 cm³/mol. The molecule has 0 saturated heterocycles. The van der Waals surface area contributed by atoms with E-state index in [1.165, 1.54) is 18.6 Å². The molecular weight excluding hydrogens is 1190 g/mol. The van der Waals surface area contributed by atoms with E-state index in [0.29, 0.717) is 34.4 Å². The summed E-state index contributed by atoms with van der Waals surface area (Å²) < 4.78 is 4.49. The number of ketones is 1. The van der Waals surface area contributed by atoms with Crippen molar-refractivity contribution in [1.82, 2.24) is 9.97 Å². The van der Waals surface area contributed by atoms with Crippen LogP contribution in [0, 0.1) is 54.8 Å². The molecule has 0 atom stereocenters. The number of ether oxygens (including phenoxy) is 1. The molecule has 5 aromatic carbocycles. The van der Waals surface area contributed by atoms with E-state index in [4.69, 9.17) is 31.3 Å². The number of aromatic nitrogens is 2. The van der Waals surface area contributed by atoms with Crippen molar-refractivity contribution < 1.29 is 104 Å². The number of anilines is 3. The summed E-state index contributed by atoms with van der Waals surface area (Å²) in [6.45, 7) is 13.0. The number of carbonyl (C=O) groups is 6. The molecule has 0 bridgehead atoms. The standard InChI is InChI=1S/C10H8N2O4.2C10H11NO3.C10H9NO2.C7H9N.C6H10O3.8CH4.ClH.HNO3.Na.H2O/c1-5-2-3-7-6(4-5)9(13)8(12(15)16)10(14)11-7;2*1-7-2-4-8(5-3-7)11-9(12)6-10(13)14;1-6-2-3-8-7(4-6)9(12)5-10(13)11-8;1-6-2-4-7(8)5-3-6;1-3-9-6(8)4-5(2)7;;;;;;;;;;2-1(3)4;;/h2-4H,1H3,(H2,11,13,14);2*2-5H,6H2,1H3,(H,11,12)(H,13,14);2-5H,1H3,(H2,11,12,13);2-5H,8H2,1H3;3-4H2,1-2H3;8*1H4;1H;(H,2,3,4);;1H2/q;;;;;;;;;;;;;;;;+1;/p-1. The van der Waals surface area contributed by atoms with Gasteiger partial charge in [0.25, 0.3) is 10.6 Å². The molecule has 2 amide bonds. The van der Waals surface area contributed by atoms with Crippen LogP contribution in [-0.2, 0) is 33.5 Å². The van der Waals surface area contributed by atoms with Gasteiger partial charge >= 0.3 is 58.7 Å². The second kappa shape index (κ2) is 54.2. The predicted octanol–water partition coefficient (Wildman–Crippen LogP) is 9.90. The first-order chi connectivity index (χ1) is 36.5. The van der Waals surface area contributed by atoms with Crippen molar-refractivity contribution in [2.24, 2.45) is 0 Å². The van der Waals surface area contributed by atoms with Gasteiger partial charge in [-0.05, 0) is 109 Å². The van der Waals surface area contributed by atoms with Crippen molar-refractivity contribution in [3.8, 4) is 11.5 Å². The van der Waals surface area contributed by atoms with Gasteiger partial charge in [0.2, 0.25) is 17.6 Å². The van der Waals surface area contributed by atoms with Gasteiger partial charge in [-0.1, -0.05) is 136 Å². The molecule has 0 aliphatic heterocycles. The van der Waals surface area contributed by atoms with Crippen LogP contribution < -0.4 is 57.0 Å². The topological polar surface area (TPSA) is 445 Å². The minimum absolute atomic E-state index is 0. The number of H-pyrrole nitrogens is 2. The van der Waals surface area contributed by atoms with E-state index in [0.717, 1.165) is 27.9 Å². The molecule has 12 N–H and O–H groups in total. The fraction of sp³-hybridized carbons (Fsp3) is 0.311. The van der Waals surface area contributed by atoms with Crippen LogP contribution in [0.4, 0.5) is 22.7 Å². The number of benzene rings is 5. The number of esters is 1. The van der Waals surface area contributed by atoms with E-state index in [1.807, 2.05) is 88.4 Å². The second-order valence-electron chi connectivity index (χ2n) is 16.3. The van der Waals surface area contributed by atoms with Gasteiger partial charge in [-0.15, -0.1) is 22.5 Å². The number of carboxylic acid groups (broad SMARTS) is 2. The van der Waals surface area contributed by atoms with E-state index in [1.54, 1.807) is 62.4 Å². The number of aryl methyl sites for hydroxylation is 5. The van der Waals surface area contributed by atoms with Gasteiger partial charge in [-0.25, -0.2) is 0 Å². The Labute approximate surface area is 549 Å². The molecule has 0 saturated carbocycles. The Hall–Kier alpha value is -9.21. The number of nitrogens with two attached hydrogens (primary N) is 1. The van der Waals surface area contributed by atoms with Gasteiger partial charge in [-0.2, -0.15) is 0 Å². The molecule has 494 valence electrons. The number of carboxylic acids is 2. The minimum atomic E-state index is -1.50. The van der Waals surface area contributed by atoms with E-state index in [-0.39, 0.29) is 136 Å². The van der Waals surface area contributed by atoms with E-state index in [2.05, 4.69) is 25.3 Å². The fourth-order valence-corrected chi connectivity index (χ4v) is 5.84. The van der Waals surface area contributed by atoms with Gasteiger partial charge in [0, 0.05) is 33.9 Å². The molecule has 2 aromatic heterocycles. The number of aliphatic carboxylic acids is 2.